The molecule has 36 nitrogen and oxygen atoms in total. The van der Waals surface area contributed by atoms with Crippen LogP contribution in [0.5, 0.6) is 0 Å². The summed E-state index contributed by atoms with van der Waals surface area (Å²) in [5.41, 5.74) is 6.23. The van der Waals surface area contributed by atoms with Gasteiger partial charge in [0.2, 0.25) is 82.7 Å². The normalized spacial score (nSPS) is 29.7. The van der Waals surface area contributed by atoms with Crippen LogP contribution in [-0.2, 0) is 83.4 Å². The van der Waals surface area contributed by atoms with E-state index in [9.17, 15) is 87.9 Å². The average molecular weight is 1660 g/mol. The first-order valence-corrected chi connectivity index (χ1v) is 42.4. The van der Waals surface area contributed by atoms with Crippen molar-refractivity contribution in [2.75, 3.05) is 24.7 Å². The van der Waals surface area contributed by atoms with Crippen LogP contribution in [0.1, 0.15) is 202 Å². The number of benzene rings is 1. The molecule has 4 aliphatic rings. The molecule has 2 aliphatic carbocycles. The van der Waals surface area contributed by atoms with E-state index in [2.05, 4.69) is 79.8 Å². The third-order valence-corrected chi connectivity index (χ3v) is 23.0. The summed E-state index contributed by atoms with van der Waals surface area (Å²) in [4.78, 5) is 212. The Bertz CT molecular complexity index is 3460. The first kappa shape index (κ1) is 97.3. The minimum atomic E-state index is -1.81. The fourth-order valence-electron chi connectivity index (χ4n) is 14.1. The molecule has 115 heavy (non-hydrogen) atoms. The van der Waals surface area contributed by atoms with Crippen LogP contribution in [0, 0.1) is 17.3 Å². The molecule has 16 atom stereocenters. The first-order valence-electron chi connectivity index (χ1n) is 40.1. The molecule has 38 heteroatoms. The topological polar surface area (TPSA) is 564 Å². The van der Waals surface area contributed by atoms with Crippen LogP contribution in [0.15, 0.2) is 24.3 Å². The highest BCUT2D eigenvalue weighted by atomic mass is 32.2. The molecule has 2 aliphatic heterocycles. The second kappa shape index (κ2) is 48.4. The molecule has 5 rings (SSSR count). The van der Waals surface area contributed by atoms with Gasteiger partial charge in [0.15, 0.2) is 0 Å². The van der Waals surface area contributed by atoms with Crippen LogP contribution in [0.3, 0.4) is 0 Å². The third-order valence-electron chi connectivity index (χ3n) is 20.8. The van der Waals surface area contributed by atoms with E-state index in [0.717, 1.165) is 11.1 Å². The van der Waals surface area contributed by atoms with Crippen LogP contribution in [0.25, 0.3) is 0 Å². The van der Waals surface area contributed by atoms with Gasteiger partial charge in [-0.25, -0.2) is 0 Å². The van der Waals surface area contributed by atoms with Crippen molar-refractivity contribution in [2.45, 2.75) is 312 Å². The summed E-state index contributed by atoms with van der Waals surface area (Å²) in [5, 5.41) is 93.5. The Morgan fingerprint density at radius 3 is 1.44 bits per heavy atom. The largest absolute Gasteiger partial charge is 0.481 e. The summed E-state index contributed by atoms with van der Waals surface area (Å²) in [6, 6.07) is -12.3. The van der Waals surface area contributed by atoms with Gasteiger partial charge in [0.05, 0.1) is 24.4 Å². The van der Waals surface area contributed by atoms with E-state index in [0.29, 0.717) is 71.0 Å². The Kier molecular flexibility index (Phi) is 41.0. The molecule has 1 aromatic carbocycles. The van der Waals surface area contributed by atoms with Crippen LogP contribution >= 0.6 is 23.5 Å². The number of carboxylic acid groups (broad SMARTS) is 1. The Labute approximate surface area is 681 Å². The van der Waals surface area contributed by atoms with Gasteiger partial charge in [0, 0.05) is 55.6 Å². The Balaban J connectivity index is 1.57. The maximum Gasteiger partial charge on any atom is 0.303 e. The van der Waals surface area contributed by atoms with E-state index in [4.69, 9.17) is 5.73 Å². The highest BCUT2D eigenvalue weighted by Crippen LogP contribution is 2.31. The summed E-state index contributed by atoms with van der Waals surface area (Å²) >= 11 is 2.46. The minimum Gasteiger partial charge on any atom is -0.481 e. The van der Waals surface area contributed by atoms with Crippen LogP contribution in [0.2, 0.25) is 0 Å². The predicted octanol–water partition coefficient (Wildman–Crippen LogP) is -2.14. The number of hydrogen-bond acceptors (Lipinski definition) is 23. The molecule has 0 aromatic heterocycles. The number of carbonyl (C=O) groups excluding carboxylic acids is 14. The zero-order chi connectivity index (χ0) is 85.4. The summed E-state index contributed by atoms with van der Waals surface area (Å²) in [5.74, 6) is -14.1. The highest BCUT2D eigenvalue weighted by molar-refractivity contribution is 7.98. The van der Waals surface area contributed by atoms with E-state index in [1.165, 1.54) is 51.2 Å². The summed E-state index contributed by atoms with van der Waals surface area (Å²) in [6.07, 6.45) is -1.61. The van der Waals surface area contributed by atoms with Crippen molar-refractivity contribution in [3.05, 3.63) is 35.4 Å². The summed E-state index contributed by atoms with van der Waals surface area (Å²) in [6.45, 7) is 15.7. The molecule has 3 fully saturated rings. The van der Waals surface area contributed by atoms with Crippen molar-refractivity contribution in [3.63, 3.8) is 0 Å². The van der Waals surface area contributed by atoms with Crippen molar-refractivity contribution in [1.82, 2.24) is 79.8 Å². The molecule has 2 bridgehead atoms. The van der Waals surface area contributed by atoms with Crippen molar-refractivity contribution in [2.24, 2.45) is 23.0 Å². The number of nitrogens with one attached hydrogen (secondary N) is 15. The van der Waals surface area contributed by atoms with E-state index in [1.54, 1.807) is 40.7 Å². The van der Waals surface area contributed by atoms with Crippen molar-refractivity contribution >= 4 is 112 Å². The fourth-order valence-corrected chi connectivity index (χ4v) is 16.1. The molecule has 22 N–H and O–H groups in total. The number of nitrogens with two attached hydrogens (primary N) is 1. The molecule has 14 amide bonds. The first-order chi connectivity index (χ1) is 54.3. The molecule has 1 saturated heterocycles. The highest BCUT2D eigenvalue weighted by Gasteiger charge is 2.42. The fraction of sp³-hybridized carbons (Fsp3) is 0.727. The SMILES string of the molecule is CCC[C@H](NC(C)=O)C(=O)N[C@H]1CSCc2cccc(c2)CSC[C@@H](C(N)=O)NC(=O)[C@H]([C@@H](C)O)NC(=O)[C@H](CCC)NC(=O)[C@H](CC2CCC(O)CC2)NC(=O)[C@H](CCC(=O)O)NC(=O)[C@H](CCC)NC(=O)[C@H](C)NC(=O)[C@H]([C@@H](C)O)NC(=O)[C@H](CC2CNCN2)NC(=O)[C@H](CC2CCC(O)CC2)NC(=O)[C@H](C(C)(C)C)NC1=O. The predicted molar refractivity (Wildman–Crippen MR) is 428 cm³/mol. The van der Waals surface area contributed by atoms with Gasteiger partial charge in [-0.2, -0.15) is 23.5 Å². The quantitative estimate of drug-likeness (QED) is 0.0624. The molecular formula is C77H126N16O20S2. The van der Waals surface area contributed by atoms with E-state index in [-0.39, 0.29) is 86.2 Å². The maximum atomic E-state index is 15.1. The van der Waals surface area contributed by atoms with Crippen molar-refractivity contribution in [1.29, 1.82) is 0 Å². The van der Waals surface area contributed by atoms with E-state index < -0.39 is 216 Å². The van der Waals surface area contributed by atoms with Gasteiger partial charge in [-0.3, -0.25) is 71.9 Å². The number of hydrogen-bond donors (Lipinski definition) is 21. The number of amides is 14. The van der Waals surface area contributed by atoms with Gasteiger partial charge < -0.3 is 111 Å². The standard InChI is InChI=1S/C77H126N16O20S2/c1-11-15-51(82-43(7)96)66(103)90-59-38-115-36-47-19-14-18-46(30-47)35-114-37-58(64(78)101)89-75(112)62(42(6)95)91-69(106)53(17-13-3)84-70(107)55(31-44-20-24-49(97)25-21-44)86-68(105)54(28-29-60(99)100)85-67(104)52(16-12-2)83-65(102)40(4)81-74(111)61(41(5)94)92-72(109)57(33-48-34-79-39-80-48)87-71(108)56(32-45-22-26-50(98)27-23-45)88-76(113)63(77(8,9)10)93-73(59)110/h14,18-19,30,40-42,44-45,48-59,61-63,79-80,94-95,97-98H,11-13,15-17,20-29,31-39H2,1-10H3,(H2,78,101)(H,81,111)(H,82,96)(H,83,102)(H,84,107)(H,85,104)(H,86,105)(H,87,108)(H,88,113)(H,89,112)(H,90,103)(H,91,106)(H,92,109)(H,93,110)(H,99,100)/t40-,41+,42+,44?,45?,48?,49?,50?,51-,52-,53-,54-,55-,56-,57-,58-,59-,61-,62-,63+/m0/s1. The zero-order valence-electron chi connectivity index (χ0n) is 67.8. The lowest BCUT2D eigenvalue weighted by molar-refractivity contribution is -0.139. The number of fused-ring (bicyclic) bond motifs is 2. The number of thioether (sulfide) groups is 2. The van der Waals surface area contributed by atoms with Gasteiger partial charge in [-0.1, -0.05) is 85.1 Å². The Hall–Kier alpha value is -8.27. The molecule has 2 saturated carbocycles. The molecular weight excluding hydrogens is 1530 g/mol. The van der Waals surface area contributed by atoms with Gasteiger partial charge in [0.25, 0.3) is 0 Å². The lowest BCUT2D eigenvalue weighted by Crippen LogP contribution is -2.63. The number of aliphatic carboxylic acids is 1. The number of aliphatic hydroxyl groups is 4. The number of carboxylic acids is 1. The summed E-state index contributed by atoms with van der Waals surface area (Å²) in [7, 11) is 0. The lowest BCUT2D eigenvalue weighted by Gasteiger charge is -2.35. The molecule has 646 valence electrons. The smallest absolute Gasteiger partial charge is 0.303 e. The van der Waals surface area contributed by atoms with Crippen molar-refractivity contribution < 1.29 is 97.5 Å². The Morgan fingerprint density at radius 2 is 0.991 bits per heavy atom. The van der Waals surface area contributed by atoms with Gasteiger partial charge >= 0.3 is 5.97 Å². The zero-order valence-corrected chi connectivity index (χ0v) is 69.4. The van der Waals surface area contributed by atoms with Crippen LogP contribution in [0.4, 0.5) is 0 Å². The third kappa shape index (κ3) is 33.3. The monoisotopic (exact) mass is 1660 g/mol. The van der Waals surface area contributed by atoms with E-state index >= 15 is 9.59 Å². The number of rotatable bonds is 21. The molecule has 2 heterocycles. The minimum absolute atomic E-state index is 0.00279. The van der Waals surface area contributed by atoms with Gasteiger partial charge in [-0.05, 0) is 145 Å². The molecule has 0 spiro atoms. The van der Waals surface area contributed by atoms with Crippen molar-refractivity contribution in [3.8, 4) is 0 Å². The number of carbonyl (C=O) groups is 15. The number of primary amides is 1. The molecule has 0 radical (unpaired) electrons. The van der Waals surface area contributed by atoms with Crippen LogP contribution in [-0.4, -0.2) is 248 Å². The lowest BCUT2D eigenvalue weighted by atomic mass is 9.82. The van der Waals surface area contributed by atoms with Crippen LogP contribution < -0.4 is 85.5 Å². The van der Waals surface area contributed by atoms with Gasteiger partial charge in [-0.15, -0.1) is 0 Å². The van der Waals surface area contributed by atoms with Gasteiger partial charge in [0.1, 0.15) is 78.5 Å². The number of aliphatic hydroxyl groups excluding tert-OH is 4. The molecule has 1 unspecified atom stereocenters. The molecule has 1 aromatic rings. The Morgan fingerprint density at radius 1 is 0.548 bits per heavy atom. The maximum absolute atomic E-state index is 15.1. The van der Waals surface area contributed by atoms with E-state index in [1.807, 2.05) is 25.1 Å². The second-order valence-electron chi connectivity index (χ2n) is 31.9. The summed E-state index contributed by atoms with van der Waals surface area (Å²) < 4.78 is 0. The second-order valence-corrected chi connectivity index (χ2v) is 33.9. The average Bonchev–Trinajstić information content (AvgIpc) is 1.11.